The zero-order valence-electron chi connectivity index (χ0n) is 20.5. The maximum atomic E-state index is 13.1. The Hall–Kier alpha value is -4.08. The lowest BCUT2D eigenvalue weighted by atomic mass is 10.0. The highest BCUT2D eigenvalue weighted by Gasteiger charge is 2.19. The van der Waals surface area contributed by atoms with Crippen LogP contribution in [0.2, 0.25) is 5.02 Å². The first-order valence-electron chi connectivity index (χ1n) is 11.8. The van der Waals surface area contributed by atoms with Gasteiger partial charge in [0.2, 0.25) is 0 Å². The molecule has 5 aromatic rings. The van der Waals surface area contributed by atoms with Gasteiger partial charge in [0.05, 0.1) is 18.3 Å². The number of carbonyl (C=O) groups is 1. The van der Waals surface area contributed by atoms with Crippen molar-refractivity contribution in [2.45, 2.75) is 13.8 Å². The van der Waals surface area contributed by atoms with E-state index >= 15 is 0 Å². The minimum Gasteiger partial charge on any atom is -0.497 e. The second-order valence-electron chi connectivity index (χ2n) is 8.90. The van der Waals surface area contributed by atoms with Crippen molar-refractivity contribution in [3.05, 3.63) is 124 Å². The molecule has 0 aliphatic rings. The molecule has 0 spiro atoms. The molecule has 0 radical (unpaired) electrons. The van der Waals surface area contributed by atoms with Gasteiger partial charge in [0, 0.05) is 27.2 Å². The smallest absolute Gasteiger partial charge is 0.185 e. The molecule has 0 amide bonds. The quantitative estimate of drug-likeness (QED) is 0.176. The SMILES string of the molecule is COc1ccc(C(=O)/C=C/c2c(-c3ccccc3)n(-c3cc(C)cc(C)c3)c3ccc(Cl)cc23)cc1. The van der Waals surface area contributed by atoms with Crippen LogP contribution in [0.25, 0.3) is 33.9 Å². The fourth-order valence-electron chi connectivity index (χ4n) is 4.70. The van der Waals surface area contributed by atoms with Crippen LogP contribution in [0.15, 0.2) is 97.1 Å². The summed E-state index contributed by atoms with van der Waals surface area (Å²) in [6.45, 7) is 4.21. The molecule has 0 unspecified atom stereocenters. The molecule has 0 atom stereocenters. The number of methoxy groups -OCH3 is 1. The number of halogens is 1. The second kappa shape index (κ2) is 9.88. The first kappa shape index (κ1) is 23.7. The van der Waals surface area contributed by atoms with E-state index in [1.165, 1.54) is 11.1 Å². The predicted octanol–water partition coefficient (Wildman–Crippen LogP) is 8.47. The molecule has 4 aromatic carbocycles. The first-order valence-corrected chi connectivity index (χ1v) is 12.2. The summed E-state index contributed by atoms with van der Waals surface area (Å²) < 4.78 is 7.48. The van der Waals surface area contributed by atoms with E-state index in [4.69, 9.17) is 16.3 Å². The highest BCUT2D eigenvalue weighted by Crippen LogP contribution is 2.39. The number of benzene rings is 4. The van der Waals surface area contributed by atoms with E-state index < -0.39 is 0 Å². The Labute approximate surface area is 216 Å². The number of ether oxygens (including phenoxy) is 1. The minimum absolute atomic E-state index is 0.0778. The van der Waals surface area contributed by atoms with Crippen LogP contribution in [0.4, 0.5) is 0 Å². The van der Waals surface area contributed by atoms with E-state index in [1.807, 2.05) is 42.5 Å². The molecular formula is C32H26ClNO2. The van der Waals surface area contributed by atoms with E-state index in [0.717, 1.165) is 33.4 Å². The normalized spacial score (nSPS) is 11.3. The highest BCUT2D eigenvalue weighted by molar-refractivity contribution is 6.31. The number of hydrogen-bond donors (Lipinski definition) is 0. The molecule has 1 aromatic heterocycles. The fraction of sp³-hybridized carbons (Fsp3) is 0.0938. The minimum atomic E-state index is -0.0778. The Morgan fingerprint density at radius 2 is 1.56 bits per heavy atom. The Bertz CT molecular complexity index is 1580. The summed E-state index contributed by atoms with van der Waals surface area (Å²) in [7, 11) is 1.61. The zero-order chi connectivity index (χ0) is 25.2. The van der Waals surface area contributed by atoms with Crippen LogP contribution in [0, 0.1) is 13.8 Å². The first-order chi connectivity index (χ1) is 17.4. The van der Waals surface area contributed by atoms with Crippen molar-refractivity contribution in [3.63, 3.8) is 0 Å². The Balaban J connectivity index is 1.75. The average Bonchev–Trinajstić information content (AvgIpc) is 3.20. The molecule has 4 heteroatoms. The van der Waals surface area contributed by atoms with Crippen LogP contribution in [-0.2, 0) is 0 Å². The van der Waals surface area contributed by atoms with Crippen LogP contribution >= 0.6 is 11.6 Å². The molecule has 0 bridgehead atoms. The molecule has 5 rings (SSSR count). The van der Waals surface area contributed by atoms with Crippen molar-refractivity contribution in [2.75, 3.05) is 7.11 Å². The van der Waals surface area contributed by atoms with Gasteiger partial charge in [0.15, 0.2) is 5.78 Å². The van der Waals surface area contributed by atoms with Gasteiger partial charge < -0.3 is 9.30 Å². The number of ketones is 1. The van der Waals surface area contributed by atoms with Gasteiger partial charge in [-0.05, 0) is 97.3 Å². The summed E-state index contributed by atoms with van der Waals surface area (Å²) in [5.74, 6) is 0.638. The van der Waals surface area contributed by atoms with Crippen LogP contribution in [0.5, 0.6) is 5.75 Å². The number of aryl methyl sites for hydroxylation is 2. The number of fused-ring (bicyclic) bond motifs is 1. The molecule has 0 fully saturated rings. The predicted molar refractivity (Wildman–Crippen MR) is 150 cm³/mol. The van der Waals surface area contributed by atoms with Crippen LogP contribution < -0.4 is 4.74 Å². The molecule has 0 aliphatic carbocycles. The third-order valence-electron chi connectivity index (χ3n) is 6.26. The van der Waals surface area contributed by atoms with Gasteiger partial charge in [-0.3, -0.25) is 4.79 Å². The van der Waals surface area contributed by atoms with Crippen LogP contribution in [0.1, 0.15) is 27.0 Å². The third-order valence-corrected chi connectivity index (χ3v) is 6.49. The van der Waals surface area contributed by atoms with Crippen molar-refractivity contribution in [3.8, 4) is 22.7 Å². The number of nitrogens with zero attached hydrogens (tertiary/aromatic N) is 1. The van der Waals surface area contributed by atoms with Crippen LogP contribution in [-0.4, -0.2) is 17.5 Å². The van der Waals surface area contributed by atoms with Gasteiger partial charge >= 0.3 is 0 Å². The third kappa shape index (κ3) is 4.58. The van der Waals surface area contributed by atoms with Gasteiger partial charge in [-0.25, -0.2) is 0 Å². The van der Waals surface area contributed by atoms with E-state index in [2.05, 4.69) is 48.7 Å². The van der Waals surface area contributed by atoms with Crippen molar-refractivity contribution in [1.29, 1.82) is 0 Å². The number of aromatic nitrogens is 1. The number of hydrogen-bond acceptors (Lipinski definition) is 2. The van der Waals surface area contributed by atoms with Crippen molar-refractivity contribution in [2.24, 2.45) is 0 Å². The van der Waals surface area contributed by atoms with Crippen molar-refractivity contribution >= 4 is 34.4 Å². The number of rotatable bonds is 6. The van der Waals surface area contributed by atoms with Gasteiger partial charge in [-0.2, -0.15) is 0 Å². The lowest BCUT2D eigenvalue weighted by Gasteiger charge is -2.14. The lowest BCUT2D eigenvalue weighted by Crippen LogP contribution is -1.99. The fourth-order valence-corrected chi connectivity index (χ4v) is 4.87. The molecule has 3 nitrogen and oxygen atoms in total. The van der Waals surface area contributed by atoms with E-state index in [0.29, 0.717) is 16.3 Å². The van der Waals surface area contributed by atoms with Gasteiger partial charge in [-0.1, -0.05) is 48.0 Å². The molecule has 0 N–H and O–H groups in total. The largest absolute Gasteiger partial charge is 0.497 e. The summed E-state index contributed by atoms with van der Waals surface area (Å²) in [4.78, 5) is 13.1. The molecule has 0 saturated carbocycles. The van der Waals surface area contributed by atoms with E-state index in [-0.39, 0.29) is 5.78 Å². The molecule has 0 saturated heterocycles. The summed E-state index contributed by atoms with van der Waals surface area (Å²) in [6.07, 6.45) is 3.54. The number of allylic oxidation sites excluding steroid dienone is 1. The highest BCUT2D eigenvalue weighted by atomic mass is 35.5. The molecule has 0 aliphatic heterocycles. The maximum absolute atomic E-state index is 13.1. The summed E-state index contributed by atoms with van der Waals surface area (Å²) in [5, 5.41) is 1.63. The average molecular weight is 492 g/mol. The Morgan fingerprint density at radius 3 is 2.22 bits per heavy atom. The topological polar surface area (TPSA) is 31.2 Å². The van der Waals surface area contributed by atoms with Gasteiger partial charge in [0.1, 0.15) is 5.75 Å². The van der Waals surface area contributed by atoms with Crippen molar-refractivity contribution < 1.29 is 9.53 Å². The van der Waals surface area contributed by atoms with E-state index in [1.54, 1.807) is 37.5 Å². The second-order valence-corrected chi connectivity index (χ2v) is 9.33. The summed E-state index contributed by atoms with van der Waals surface area (Å²) in [6, 6.07) is 29.9. The number of carbonyl (C=O) groups excluding carboxylic acids is 1. The zero-order valence-corrected chi connectivity index (χ0v) is 21.2. The summed E-state index contributed by atoms with van der Waals surface area (Å²) >= 11 is 6.47. The van der Waals surface area contributed by atoms with Crippen LogP contribution in [0.3, 0.4) is 0 Å². The maximum Gasteiger partial charge on any atom is 0.185 e. The molecular weight excluding hydrogens is 466 g/mol. The molecule has 36 heavy (non-hydrogen) atoms. The van der Waals surface area contributed by atoms with E-state index in [9.17, 15) is 4.79 Å². The monoisotopic (exact) mass is 491 g/mol. The summed E-state index contributed by atoms with van der Waals surface area (Å²) in [5.41, 5.74) is 8.08. The molecule has 178 valence electrons. The van der Waals surface area contributed by atoms with Gasteiger partial charge in [-0.15, -0.1) is 0 Å². The van der Waals surface area contributed by atoms with Gasteiger partial charge in [0.25, 0.3) is 0 Å². The lowest BCUT2D eigenvalue weighted by molar-refractivity contribution is 0.104. The molecule has 1 heterocycles. The standard InChI is InChI=1S/C32H26ClNO2/c1-21-17-22(2)19-26(18-21)34-30-15-11-25(33)20-29(30)28(32(34)24-7-5-4-6-8-24)14-16-31(35)23-9-12-27(36-3)13-10-23/h4-20H,1-3H3/b16-14+. The Morgan fingerprint density at radius 1 is 0.861 bits per heavy atom. The Kier molecular flexibility index (Phi) is 6.49. The van der Waals surface area contributed by atoms with Crippen molar-refractivity contribution in [1.82, 2.24) is 4.57 Å².